The Morgan fingerprint density at radius 2 is 1.92 bits per heavy atom. The molecule has 1 atom stereocenters. The summed E-state index contributed by atoms with van der Waals surface area (Å²) in [5, 5.41) is 3.37. The summed E-state index contributed by atoms with van der Waals surface area (Å²) >= 11 is 0. The summed E-state index contributed by atoms with van der Waals surface area (Å²) in [6.07, 6.45) is 1.28. The summed E-state index contributed by atoms with van der Waals surface area (Å²) in [5.74, 6) is -0.343. The van der Waals surface area contributed by atoms with E-state index < -0.39 is 6.17 Å². The highest BCUT2D eigenvalue weighted by Gasteiger charge is 2.38. The fourth-order valence-corrected chi connectivity index (χ4v) is 3.26. The zero-order valence-electron chi connectivity index (χ0n) is 14.3. The Morgan fingerprint density at radius 1 is 1.12 bits per heavy atom. The molecule has 4 rings (SSSR count). The minimum atomic E-state index is -0.400. The summed E-state index contributed by atoms with van der Waals surface area (Å²) in [7, 11) is 0. The number of carbonyl (C=O) groups excluding carboxylic acids is 1. The SMILES string of the molecule is Cc1cc(F)ccc1N[C@@H]1c2ncccc2C(=O)N1Cc1ccccc1. The Hall–Kier alpha value is -3.21. The van der Waals surface area contributed by atoms with Gasteiger partial charge in [0.25, 0.3) is 5.91 Å². The van der Waals surface area contributed by atoms with E-state index in [1.807, 2.05) is 37.3 Å². The number of carbonyl (C=O) groups is 1. The van der Waals surface area contributed by atoms with Crippen molar-refractivity contribution in [1.82, 2.24) is 9.88 Å². The molecule has 130 valence electrons. The first-order chi connectivity index (χ1) is 12.6. The fraction of sp³-hybridized carbons (Fsp3) is 0.143. The monoisotopic (exact) mass is 347 g/mol. The minimum Gasteiger partial charge on any atom is -0.360 e. The van der Waals surface area contributed by atoms with Crippen LogP contribution in [0.5, 0.6) is 0 Å². The van der Waals surface area contributed by atoms with Crippen LogP contribution in [0.1, 0.15) is 33.3 Å². The van der Waals surface area contributed by atoms with Gasteiger partial charge >= 0.3 is 0 Å². The quantitative estimate of drug-likeness (QED) is 0.765. The molecule has 0 saturated heterocycles. The standard InChI is InChI=1S/C21H18FN3O/c1-14-12-16(22)9-10-18(14)24-20-19-17(8-5-11-23-19)21(26)25(20)13-15-6-3-2-4-7-15/h2-12,20,24H,13H2,1H3/t20-/m0/s1. The third kappa shape index (κ3) is 2.92. The van der Waals surface area contributed by atoms with Crippen LogP contribution in [-0.2, 0) is 6.54 Å². The van der Waals surface area contributed by atoms with Crippen molar-refractivity contribution in [2.45, 2.75) is 19.6 Å². The van der Waals surface area contributed by atoms with Gasteiger partial charge in [0.15, 0.2) is 0 Å². The zero-order valence-corrected chi connectivity index (χ0v) is 14.3. The molecule has 1 aliphatic heterocycles. The van der Waals surface area contributed by atoms with E-state index in [0.29, 0.717) is 17.8 Å². The van der Waals surface area contributed by atoms with Gasteiger partial charge in [0, 0.05) is 18.4 Å². The van der Waals surface area contributed by atoms with Gasteiger partial charge in [-0.15, -0.1) is 0 Å². The topological polar surface area (TPSA) is 45.2 Å². The average Bonchev–Trinajstić information content (AvgIpc) is 2.91. The number of fused-ring (bicyclic) bond motifs is 1. The summed E-state index contributed by atoms with van der Waals surface area (Å²) in [5.41, 5.74) is 3.89. The van der Waals surface area contributed by atoms with Crippen molar-refractivity contribution in [3.63, 3.8) is 0 Å². The molecule has 2 aromatic carbocycles. The molecule has 0 fully saturated rings. The van der Waals surface area contributed by atoms with Gasteiger partial charge in [0.05, 0.1) is 11.3 Å². The van der Waals surface area contributed by atoms with Crippen molar-refractivity contribution in [2.75, 3.05) is 5.32 Å². The summed E-state index contributed by atoms with van der Waals surface area (Å²) in [6, 6.07) is 18.0. The molecule has 1 aromatic heterocycles. The van der Waals surface area contributed by atoms with Gasteiger partial charge in [-0.05, 0) is 48.4 Å². The van der Waals surface area contributed by atoms with E-state index in [0.717, 1.165) is 16.8 Å². The van der Waals surface area contributed by atoms with Gasteiger partial charge in [-0.3, -0.25) is 9.78 Å². The van der Waals surface area contributed by atoms with Crippen LogP contribution in [0.25, 0.3) is 0 Å². The van der Waals surface area contributed by atoms with E-state index in [-0.39, 0.29) is 11.7 Å². The maximum absolute atomic E-state index is 13.4. The van der Waals surface area contributed by atoms with Crippen molar-refractivity contribution in [1.29, 1.82) is 0 Å². The molecule has 3 aromatic rings. The number of nitrogens with zero attached hydrogens (tertiary/aromatic N) is 2. The number of benzene rings is 2. The van der Waals surface area contributed by atoms with Gasteiger partial charge in [-0.1, -0.05) is 30.3 Å². The number of aromatic nitrogens is 1. The highest BCUT2D eigenvalue weighted by molar-refractivity contribution is 5.98. The van der Waals surface area contributed by atoms with Crippen LogP contribution < -0.4 is 5.32 Å². The molecule has 1 amide bonds. The van der Waals surface area contributed by atoms with Gasteiger partial charge < -0.3 is 10.2 Å². The normalized spacial score (nSPS) is 15.8. The van der Waals surface area contributed by atoms with E-state index in [1.165, 1.54) is 12.1 Å². The summed E-state index contributed by atoms with van der Waals surface area (Å²) < 4.78 is 13.4. The lowest BCUT2D eigenvalue weighted by atomic mass is 10.1. The zero-order chi connectivity index (χ0) is 18.1. The molecular weight excluding hydrogens is 329 g/mol. The molecular formula is C21H18FN3O. The molecule has 0 unspecified atom stereocenters. The highest BCUT2D eigenvalue weighted by atomic mass is 19.1. The Morgan fingerprint density at radius 3 is 2.69 bits per heavy atom. The third-order valence-corrected chi connectivity index (χ3v) is 4.58. The fourth-order valence-electron chi connectivity index (χ4n) is 3.26. The first-order valence-corrected chi connectivity index (χ1v) is 8.46. The Kier molecular flexibility index (Phi) is 4.13. The highest BCUT2D eigenvalue weighted by Crippen LogP contribution is 2.34. The van der Waals surface area contributed by atoms with E-state index in [1.54, 1.807) is 29.3 Å². The predicted molar refractivity (Wildman–Crippen MR) is 98.1 cm³/mol. The molecule has 1 N–H and O–H groups in total. The van der Waals surface area contributed by atoms with Gasteiger partial charge in [0.2, 0.25) is 0 Å². The molecule has 0 aliphatic carbocycles. The lowest BCUT2D eigenvalue weighted by molar-refractivity contribution is 0.0727. The van der Waals surface area contributed by atoms with Crippen molar-refractivity contribution in [2.24, 2.45) is 0 Å². The van der Waals surface area contributed by atoms with Crippen LogP contribution in [-0.4, -0.2) is 15.8 Å². The molecule has 0 bridgehead atoms. The van der Waals surface area contributed by atoms with Crippen LogP contribution in [0.2, 0.25) is 0 Å². The largest absolute Gasteiger partial charge is 0.360 e. The lowest BCUT2D eigenvalue weighted by Gasteiger charge is -2.27. The number of hydrogen-bond donors (Lipinski definition) is 1. The lowest BCUT2D eigenvalue weighted by Crippen LogP contribution is -2.32. The van der Waals surface area contributed by atoms with E-state index in [9.17, 15) is 9.18 Å². The third-order valence-electron chi connectivity index (χ3n) is 4.58. The second-order valence-corrected chi connectivity index (χ2v) is 6.36. The number of pyridine rings is 1. The maximum Gasteiger partial charge on any atom is 0.258 e. The molecule has 4 nitrogen and oxygen atoms in total. The Balaban J connectivity index is 1.71. The van der Waals surface area contributed by atoms with Crippen LogP contribution in [0.15, 0.2) is 66.9 Å². The minimum absolute atomic E-state index is 0.0609. The number of aryl methyl sites for hydroxylation is 1. The van der Waals surface area contributed by atoms with E-state index in [4.69, 9.17) is 0 Å². The summed E-state index contributed by atoms with van der Waals surface area (Å²) in [6.45, 7) is 2.30. The van der Waals surface area contributed by atoms with Crippen LogP contribution in [0, 0.1) is 12.7 Å². The number of amides is 1. The average molecular weight is 347 g/mol. The van der Waals surface area contributed by atoms with Crippen molar-refractivity contribution >= 4 is 11.6 Å². The van der Waals surface area contributed by atoms with Gasteiger partial charge in [-0.2, -0.15) is 0 Å². The molecule has 26 heavy (non-hydrogen) atoms. The molecule has 5 heteroatoms. The smallest absolute Gasteiger partial charge is 0.258 e. The van der Waals surface area contributed by atoms with Crippen LogP contribution >= 0.6 is 0 Å². The molecule has 0 spiro atoms. The Labute approximate surface area is 151 Å². The van der Waals surface area contributed by atoms with Gasteiger partial charge in [0.1, 0.15) is 12.0 Å². The van der Waals surface area contributed by atoms with Gasteiger partial charge in [-0.25, -0.2) is 4.39 Å². The second kappa shape index (κ2) is 6.59. The van der Waals surface area contributed by atoms with Crippen molar-refractivity contribution < 1.29 is 9.18 Å². The molecule has 1 aliphatic rings. The van der Waals surface area contributed by atoms with Crippen LogP contribution in [0.3, 0.4) is 0 Å². The maximum atomic E-state index is 13.4. The number of hydrogen-bond acceptors (Lipinski definition) is 3. The number of rotatable bonds is 4. The van der Waals surface area contributed by atoms with Crippen molar-refractivity contribution in [3.05, 3.63) is 95.1 Å². The number of anilines is 1. The van der Waals surface area contributed by atoms with Crippen molar-refractivity contribution in [3.8, 4) is 0 Å². The first kappa shape index (κ1) is 16.3. The molecule has 0 radical (unpaired) electrons. The second-order valence-electron chi connectivity index (χ2n) is 6.36. The molecule has 0 saturated carbocycles. The first-order valence-electron chi connectivity index (χ1n) is 8.46. The Bertz CT molecular complexity index is 958. The van der Waals surface area contributed by atoms with Crippen LogP contribution in [0.4, 0.5) is 10.1 Å². The van der Waals surface area contributed by atoms with E-state index >= 15 is 0 Å². The predicted octanol–water partition coefficient (Wildman–Crippen LogP) is 4.30. The number of halogens is 1. The van der Waals surface area contributed by atoms with E-state index in [2.05, 4.69) is 10.3 Å². The summed E-state index contributed by atoms with van der Waals surface area (Å²) in [4.78, 5) is 19.1. The molecule has 2 heterocycles. The number of nitrogens with one attached hydrogen (secondary N) is 1.